The van der Waals surface area contributed by atoms with Crippen LogP contribution < -0.4 is 5.32 Å². The highest BCUT2D eigenvalue weighted by Gasteiger charge is 2.37. The Morgan fingerprint density at radius 2 is 1.85 bits per heavy atom. The van der Waals surface area contributed by atoms with E-state index in [1.165, 1.54) is 25.7 Å². The van der Waals surface area contributed by atoms with Crippen molar-refractivity contribution in [3.05, 3.63) is 0 Å². The quantitative estimate of drug-likeness (QED) is 0.830. The van der Waals surface area contributed by atoms with E-state index in [0.29, 0.717) is 19.0 Å². The van der Waals surface area contributed by atoms with Gasteiger partial charge in [-0.05, 0) is 24.7 Å². The van der Waals surface area contributed by atoms with Crippen LogP contribution in [0.5, 0.6) is 0 Å². The van der Waals surface area contributed by atoms with Crippen LogP contribution in [0, 0.1) is 23.7 Å². The van der Waals surface area contributed by atoms with Gasteiger partial charge in [0.1, 0.15) is 0 Å². The molecule has 1 heterocycles. The number of hydrogen-bond acceptors (Lipinski definition) is 2. The summed E-state index contributed by atoms with van der Waals surface area (Å²) in [5, 5.41) is 11.9. The Morgan fingerprint density at radius 1 is 1.25 bits per heavy atom. The highest BCUT2D eigenvalue weighted by molar-refractivity contribution is 5.76. The van der Waals surface area contributed by atoms with Gasteiger partial charge in [-0.3, -0.25) is 4.79 Å². The minimum absolute atomic E-state index is 0.0301. The Hall–Kier alpha value is -1.26. The van der Waals surface area contributed by atoms with Gasteiger partial charge in [-0.1, -0.05) is 26.7 Å². The summed E-state index contributed by atoms with van der Waals surface area (Å²) < 4.78 is 0. The Morgan fingerprint density at radius 3 is 2.40 bits per heavy atom. The average molecular weight is 282 g/mol. The van der Waals surface area contributed by atoms with Crippen LogP contribution in [0.25, 0.3) is 0 Å². The largest absolute Gasteiger partial charge is 0.481 e. The van der Waals surface area contributed by atoms with Crippen LogP contribution in [0.4, 0.5) is 4.79 Å². The molecular weight excluding hydrogens is 256 g/mol. The van der Waals surface area contributed by atoms with E-state index in [4.69, 9.17) is 5.11 Å². The second-order valence-electron chi connectivity index (χ2n) is 6.60. The Labute approximate surface area is 120 Å². The SMILES string of the molecule is CC1CCC(CNC(=O)N2CC(C(C)C(=O)O)C2)CC1. The van der Waals surface area contributed by atoms with Gasteiger partial charge in [0.05, 0.1) is 5.92 Å². The predicted octanol–water partition coefficient (Wildman–Crippen LogP) is 2.17. The first-order valence-corrected chi connectivity index (χ1v) is 7.73. The first-order valence-electron chi connectivity index (χ1n) is 7.73. The number of urea groups is 1. The lowest BCUT2D eigenvalue weighted by Gasteiger charge is -2.41. The summed E-state index contributed by atoms with van der Waals surface area (Å²) in [6.45, 7) is 5.91. The van der Waals surface area contributed by atoms with Crippen LogP contribution in [0.15, 0.2) is 0 Å². The molecule has 2 rings (SSSR count). The van der Waals surface area contributed by atoms with Gasteiger partial charge in [0, 0.05) is 25.6 Å². The third kappa shape index (κ3) is 3.64. The van der Waals surface area contributed by atoms with Gasteiger partial charge in [0.15, 0.2) is 0 Å². The molecule has 0 spiro atoms. The first kappa shape index (κ1) is 15.1. The third-order valence-electron chi connectivity index (χ3n) is 4.97. The van der Waals surface area contributed by atoms with Crippen LogP contribution in [0.3, 0.4) is 0 Å². The molecule has 20 heavy (non-hydrogen) atoms. The van der Waals surface area contributed by atoms with Gasteiger partial charge in [-0.25, -0.2) is 4.79 Å². The van der Waals surface area contributed by atoms with Crippen molar-refractivity contribution >= 4 is 12.0 Å². The average Bonchev–Trinajstić information content (AvgIpc) is 2.36. The van der Waals surface area contributed by atoms with E-state index in [9.17, 15) is 9.59 Å². The van der Waals surface area contributed by atoms with Crippen LogP contribution in [-0.2, 0) is 4.79 Å². The maximum absolute atomic E-state index is 11.9. The van der Waals surface area contributed by atoms with Crippen molar-refractivity contribution in [3.63, 3.8) is 0 Å². The van der Waals surface area contributed by atoms with Crippen LogP contribution in [-0.4, -0.2) is 41.6 Å². The summed E-state index contributed by atoms with van der Waals surface area (Å²) in [7, 11) is 0. The number of aliphatic carboxylic acids is 1. The van der Waals surface area contributed by atoms with E-state index in [2.05, 4.69) is 12.2 Å². The van der Waals surface area contributed by atoms with Gasteiger partial charge in [-0.2, -0.15) is 0 Å². The molecule has 2 fully saturated rings. The zero-order chi connectivity index (χ0) is 14.7. The fourth-order valence-electron chi connectivity index (χ4n) is 3.07. The summed E-state index contributed by atoms with van der Waals surface area (Å²) in [5.41, 5.74) is 0. The lowest BCUT2D eigenvalue weighted by atomic mass is 9.83. The second-order valence-corrected chi connectivity index (χ2v) is 6.60. The van der Waals surface area contributed by atoms with Crippen molar-refractivity contribution in [2.45, 2.75) is 39.5 Å². The summed E-state index contributed by atoms with van der Waals surface area (Å²) in [6, 6.07) is -0.0301. The fraction of sp³-hybridized carbons (Fsp3) is 0.867. The number of carboxylic acid groups (broad SMARTS) is 1. The number of amides is 2. The van der Waals surface area contributed by atoms with Gasteiger partial charge in [0.25, 0.3) is 0 Å². The standard InChI is InChI=1S/C15H26N2O3/c1-10-3-5-12(6-4-10)7-16-15(20)17-8-13(9-17)11(2)14(18)19/h10-13H,3-9H2,1-2H3,(H,16,20)(H,18,19). The normalized spacial score (nSPS) is 28.6. The Kier molecular flexibility index (Phi) is 4.89. The molecule has 1 saturated heterocycles. The van der Waals surface area contributed by atoms with Crippen molar-refractivity contribution in [3.8, 4) is 0 Å². The molecule has 0 aromatic carbocycles. The van der Waals surface area contributed by atoms with Crippen molar-refractivity contribution in [1.82, 2.24) is 10.2 Å². The van der Waals surface area contributed by atoms with Gasteiger partial charge in [-0.15, -0.1) is 0 Å². The zero-order valence-corrected chi connectivity index (χ0v) is 12.5. The molecule has 0 bridgehead atoms. The monoisotopic (exact) mass is 282 g/mol. The van der Waals surface area contributed by atoms with E-state index in [1.54, 1.807) is 11.8 Å². The van der Waals surface area contributed by atoms with Gasteiger partial charge < -0.3 is 15.3 Å². The van der Waals surface area contributed by atoms with E-state index < -0.39 is 5.97 Å². The van der Waals surface area contributed by atoms with Gasteiger partial charge >= 0.3 is 12.0 Å². The lowest BCUT2D eigenvalue weighted by molar-refractivity contribution is -0.144. The van der Waals surface area contributed by atoms with Crippen molar-refractivity contribution in [2.24, 2.45) is 23.7 Å². The summed E-state index contributed by atoms with van der Waals surface area (Å²) in [5.74, 6) is 0.416. The Bertz CT molecular complexity index is 358. The molecule has 0 aromatic rings. The minimum Gasteiger partial charge on any atom is -0.481 e. The molecule has 5 nitrogen and oxygen atoms in total. The lowest BCUT2D eigenvalue weighted by Crippen LogP contribution is -2.56. The van der Waals surface area contributed by atoms with Gasteiger partial charge in [0.2, 0.25) is 0 Å². The molecule has 0 radical (unpaired) electrons. The molecule has 1 saturated carbocycles. The number of carbonyl (C=O) groups excluding carboxylic acids is 1. The molecular formula is C15H26N2O3. The Balaban J connectivity index is 1.63. The number of nitrogens with one attached hydrogen (secondary N) is 1. The molecule has 1 unspecified atom stereocenters. The van der Waals surface area contributed by atoms with Crippen molar-refractivity contribution in [2.75, 3.05) is 19.6 Å². The van der Waals surface area contributed by atoms with E-state index in [0.717, 1.165) is 12.5 Å². The number of likely N-dealkylation sites (tertiary alicyclic amines) is 1. The highest BCUT2D eigenvalue weighted by atomic mass is 16.4. The zero-order valence-electron chi connectivity index (χ0n) is 12.5. The van der Waals surface area contributed by atoms with Crippen molar-refractivity contribution in [1.29, 1.82) is 0 Å². The van der Waals surface area contributed by atoms with Crippen LogP contribution in [0.2, 0.25) is 0 Å². The molecule has 5 heteroatoms. The van der Waals surface area contributed by atoms with Crippen molar-refractivity contribution < 1.29 is 14.7 Å². The number of carbonyl (C=O) groups is 2. The molecule has 1 aliphatic carbocycles. The maximum atomic E-state index is 11.9. The summed E-state index contributed by atoms with van der Waals surface area (Å²) >= 11 is 0. The molecule has 1 aliphatic heterocycles. The van der Waals surface area contributed by atoms with E-state index >= 15 is 0 Å². The van der Waals surface area contributed by atoms with Crippen LogP contribution in [0.1, 0.15) is 39.5 Å². The number of nitrogens with zero attached hydrogens (tertiary/aromatic N) is 1. The number of hydrogen-bond donors (Lipinski definition) is 2. The second kappa shape index (κ2) is 6.46. The minimum atomic E-state index is -0.772. The topological polar surface area (TPSA) is 69.6 Å². The smallest absolute Gasteiger partial charge is 0.317 e. The number of rotatable bonds is 4. The van der Waals surface area contributed by atoms with E-state index in [1.807, 2.05) is 0 Å². The molecule has 0 aromatic heterocycles. The number of carboxylic acids is 1. The predicted molar refractivity (Wildman–Crippen MR) is 76.4 cm³/mol. The maximum Gasteiger partial charge on any atom is 0.317 e. The molecule has 2 N–H and O–H groups in total. The highest BCUT2D eigenvalue weighted by Crippen LogP contribution is 2.28. The molecule has 2 aliphatic rings. The molecule has 2 amide bonds. The fourth-order valence-corrected chi connectivity index (χ4v) is 3.07. The van der Waals surface area contributed by atoms with Crippen LogP contribution >= 0.6 is 0 Å². The molecule has 114 valence electrons. The summed E-state index contributed by atoms with van der Waals surface area (Å²) in [4.78, 5) is 24.5. The first-order chi connectivity index (χ1) is 9.47. The van der Waals surface area contributed by atoms with E-state index in [-0.39, 0.29) is 17.9 Å². The third-order valence-corrected chi connectivity index (χ3v) is 4.97. The summed E-state index contributed by atoms with van der Waals surface area (Å²) in [6.07, 6.45) is 4.95. The molecule has 1 atom stereocenters.